The summed E-state index contributed by atoms with van der Waals surface area (Å²) in [5.41, 5.74) is 2.03. The van der Waals surface area contributed by atoms with Gasteiger partial charge in [-0.1, -0.05) is 22.8 Å². The van der Waals surface area contributed by atoms with Crippen molar-refractivity contribution < 1.29 is 14.4 Å². The van der Waals surface area contributed by atoms with E-state index in [9.17, 15) is 9.90 Å². The second-order valence-electron chi connectivity index (χ2n) is 6.39. The number of benzene rings is 1. The Labute approximate surface area is 166 Å². The molecule has 2 atom stereocenters. The lowest BCUT2D eigenvalue weighted by molar-refractivity contribution is 0.0925. The number of carbonyl (C=O) groups is 1. The molecule has 2 heterocycles. The van der Waals surface area contributed by atoms with Gasteiger partial charge in [0.2, 0.25) is 0 Å². The van der Waals surface area contributed by atoms with E-state index in [1.54, 1.807) is 29.1 Å². The number of aliphatic hydroxyl groups excluding tert-OH is 1. The number of carbonyl (C=O) groups excluding carboxylic acids is 1. The minimum atomic E-state index is -0.829. The molecule has 8 nitrogen and oxygen atoms in total. The molecule has 3 aromatic rings. The van der Waals surface area contributed by atoms with Gasteiger partial charge in [-0.05, 0) is 32.0 Å². The molecule has 1 aromatic carbocycles. The molecule has 0 spiro atoms. The van der Waals surface area contributed by atoms with Gasteiger partial charge in [-0.3, -0.25) is 9.48 Å². The molecular weight excluding hydrogens is 382 g/mol. The number of halogens is 1. The Balaban J connectivity index is 1.63. The molecule has 0 saturated heterocycles. The van der Waals surface area contributed by atoms with Gasteiger partial charge in [-0.25, -0.2) is 0 Å². The topological polar surface area (TPSA) is 117 Å². The number of nitrogens with one attached hydrogen (secondary N) is 1. The third-order valence-corrected chi connectivity index (χ3v) is 4.35. The van der Waals surface area contributed by atoms with Crippen LogP contribution < -0.4 is 5.32 Å². The van der Waals surface area contributed by atoms with Crippen molar-refractivity contribution in [3.05, 3.63) is 58.6 Å². The lowest BCUT2D eigenvalue weighted by Crippen LogP contribution is -2.36. The minimum absolute atomic E-state index is 0.108. The van der Waals surface area contributed by atoms with Crippen LogP contribution in [0.4, 0.5) is 0 Å². The second-order valence-corrected chi connectivity index (χ2v) is 6.80. The summed E-state index contributed by atoms with van der Waals surface area (Å²) < 4.78 is 6.62. The second kappa shape index (κ2) is 8.25. The highest BCUT2D eigenvalue weighted by Crippen LogP contribution is 2.24. The molecule has 0 aliphatic rings. The maximum absolute atomic E-state index is 12.2. The van der Waals surface area contributed by atoms with E-state index in [0.717, 1.165) is 5.56 Å². The van der Waals surface area contributed by atoms with Gasteiger partial charge in [0.05, 0.1) is 22.8 Å². The average molecular weight is 400 g/mol. The van der Waals surface area contributed by atoms with Gasteiger partial charge in [-0.2, -0.15) is 10.4 Å². The summed E-state index contributed by atoms with van der Waals surface area (Å²) >= 11 is 6.07. The molecule has 0 fully saturated rings. The zero-order chi connectivity index (χ0) is 20.3. The fourth-order valence-corrected chi connectivity index (χ4v) is 2.82. The molecule has 0 radical (unpaired) electrons. The molecule has 0 aliphatic carbocycles. The molecule has 2 N–H and O–H groups in total. The molecule has 0 saturated carbocycles. The number of aromatic nitrogens is 3. The number of nitriles is 1. The zero-order valence-electron chi connectivity index (χ0n) is 15.3. The van der Waals surface area contributed by atoms with Crippen LogP contribution in [-0.4, -0.2) is 32.0 Å². The van der Waals surface area contributed by atoms with Crippen molar-refractivity contribution in [1.82, 2.24) is 20.3 Å². The molecule has 144 valence electrons. The summed E-state index contributed by atoms with van der Waals surface area (Å²) in [5, 5.41) is 29.7. The Bertz CT molecular complexity index is 1030. The highest BCUT2D eigenvalue weighted by Gasteiger charge is 2.17. The molecule has 0 bridgehead atoms. The Hall–Kier alpha value is -3.15. The molecule has 2 aromatic heterocycles. The van der Waals surface area contributed by atoms with E-state index in [-0.39, 0.29) is 17.5 Å². The molecule has 1 unspecified atom stereocenters. The monoisotopic (exact) mass is 399 g/mol. The minimum Gasteiger partial charge on any atom is -0.385 e. The van der Waals surface area contributed by atoms with Crippen LogP contribution in [0.1, 0.15) is 41.8 Å². The Morgan fingerprint density at radius 2 is 2.18 bits per heavy atom. The third-order valence-electron chi connectivity index (χ3n) is 4.04. The first-order valence-electron chi connectivity index (χ1n) is 8.56. The van der Waals surface area contributed by atoms with E-state index in [4.69, 9.17) is 21.4 Å². The number of rotatable bonds is 6. The molecule has 28 heavy (non-hydrogen) atoms. The maximum Gasteiger partial charge on any atom is 0.273 e. The normalized spacial score (nSPS) is 13.0. The highest BCUT2D eigenvalue weighted by molar-refractivity contribution is 6.32. The number of hydrogen-bond acceptors (Lipinski definition) is 6. The predicted molar refractivity (Wildman–Crippen MR) is 101 cm³/mol. The number of nitrogens with zero attached hydrogens (tertiary/aromatic N) is 4. The predicted octanol–water partition coefficient (Wildman–Crippen LogP) is 2.93. The van der Waals surface area contributed by atoms with Crippen LogP contribution in [-0.2, 0) is 6.54 Å². The van der Waals surface area contributed by atoms with Gasteiger partial charge >= 0.3 is 0 Å². The quantitative estimate of drug-likeness (QED) is 0.658. The summed E-state index contributed by atoms with van der Waals surface area (Å²) in [6, 6.07) is 10.2. The lowest BCUT2D eigenvalue weighted by Gasteiger charge is -2.12. The van der Waals surface area contributed by atoms with E-state index in [1.807, 2.05) is 19.1 Å². The van der Waals surface area contributed by atoms with Crippen molar-refractivity contribution in [2.24, 2.45) is 0 Å². The highest BCUT2D eigenvalue weighted by atomic mass is 35.5. The van der Waals surface area contributed by atoms with Gasteiger partial charge in [0.15, 0.2) is 11.5 Å². The third kappa shape index (κ3) is 4.39. The largest absolute Gasteiger partial charge is 0.385 e. The van der Waals surface area contributed by atoms with Crippen molar-refractivity contribution in [2.45, 2.75) is 32.5 Å². The SMILES string of the molecule is CC(O)c1cc(C(=O)N[C@@H](C)Cn2ccc(-c3ccc(C#N)c(Cl)c3)n2)no1. The number of aliphatic hydroxyl groups is 1. The van der Waals surface area contributed by atoms with Crippen molar-refractivity contribution in [2.75, 3.05) is 0 Å². The van der Waals surface area contributed by atoms with Crippen LogP contribution in [0.25, 0.3) is 11.3 Å². The van der Waals surface area contributed by atoms with E-state index in [1.165, 1.54) is 13.0 Å². The standard InChI is InChI=1S/C19H18ClN5O3/c1-11(22-19(27)17-8-18(12(2)26)28-24-17)10-25-6-5-16(23-25)13-3-4-14(9-21)15(20)7-13/h3-8,11-12,26H,10H2,1-2H3,(H,22,27)/t11-,12?/m0/s1. The average Bonchev–Trinajstić information content (AvgIpc) is 3.31. The lowest BCUT2D eigenvalue weighted by atomic mass is 10.1. The van der Waals surface area contributed by atoms with Crippen molar-refractivity contribution in [1.29, 1.82) is 5.26 Å². The maximum atomic E-state index is 12.2. The van der Waals surface area contributed by atoms with E-state index < -0.39 is 12.0 Å². The fraction of sp³-hybridized carbons (Fsp3) is 0.263. The zero-order valence-corrected chi connectivity index (χ0v) is 16.0. The van der Waals surface area contributed by atoms with Gasteiger partial charge in [0, 0.05) is 23.9 Å². The van der Waals surface area contributed by atoms with Crippen LogP contribution in [0.3, 0.4) is 0 Å². The van der Waals surface area contributed by atoms with E-state index >= 15 is 0 Å². The summed E-state index contributed by atoms with van der Waals surface area (Å²) in [4.78, 5) is 12.2. The molecule has 3 rings (SSSR count). The first-order valence-corrected chi connectivity index (χ1v) is 8.94. The van der Waals surface area contributed by atoms with Crippen LogP contribution in [0.5, 0.6) is 0 Å². The molecule has 9 heteroatoms. The van der Waals surface area contributed by atoms with Gasteiger partial charge < -0.3 is 14.9 Å². The smallest absolute Gasteiger partial charge is 0.273 e. The Kier molecular flexibility index (Phi) is 5.78. The van der Waals surface area contributed by atoms with E-state index in [0.29, 0.717) is 22.8 Å². The van der Waals surface area contributed by atoms with Gasteiger partial charge in [0.25, 0.3) is 5.91 Å². The first kappa shape index (κ1) is 19.6. The Morgan fingerprint density at radius 3 is 2.82 bits per heavy atom. The van der Waals surface area contributed by atoms with Crippen molar-refractivity contribution in [3.8, 4) is 17.3 Å². The summed E-state index contributed by atoms with van der Waals surface area (Å²) in [7, 11) is 0. The molecule has 1 amide bonds. The van der Waals surface area contributed by atoms with Crippen molar-refractivity contribution >= 4 is 17.5 Å². The summed E-state index contributed by atoms with van der Waals surface area (Å²) in [5.74, 6) is -0.162. The molecular formula is C19H18ClN5O3. The van der Waals surface area contributed by atoms with Crippen LogP contribution in [0, 0.1) is 11.3 Å². The number of hydrogen-bond donors (Lipinski definition) is 2. The molecule has 0 aliphatic heterocycles. The van der Waals surface area contributed by atoms with Crippen molar-refractivity contribution in [3.63, 3.8) is 0 Å². The van der Waals surface area contributed by atoms with Gasteiger partial charge in [-0.15, -0.1) is 0 Å². The van der Waals surface area contributed by atoms with Gasteiger partial charge in [0.1, 0.15) is 12.2 Å². The van der Waals surface area contributed by atoms with Crippen LogP contribution in [0.2, 0.25) is 5.02 Å². The summed E-state index contributed by atoms with van der Waals surface area (Å²) in [6.07, 6.45) is 0.968. The van der Waals surface area contributed by atoms with Crippen LogP contribution in [0.15, 0.2) is 41.1 Å². The fourth-order valence-electron chi connectivity index (χ4n) is 2.60. The Morgan fingerprint density at radius 1 is 1.39 bits per heavy atom. The van der Waals surface area contributed by atoms with Crippen LogP contribution >= 0.6 is 11.6 Å². The number of amides is 1. The summed E-state index contributed by atoms with van der Waals surface area (Å²) in [6.45, 7) is 3.81. The van der Waals surface area contributed by atoms with E-state index in [2.05, 4.69) is 15.6 Å². The first-order chi connectivity index (χ1) is 13.4.